The molecule has 4 atom stereocenters. The van der Waals surface area contributed by atoms with E-state index in [0.717, 1.165) is 36.1 Å². The van der Waals surface area contributed by atoms with Crippen molar-refractivity contribution in [1.29, 1.82) is 0 Å². The summed E-state index contributed by atoms with van der Waals surface area (Å²) in [7, 11) is 1.76. The number of aliphatic hydroxyl groups is 1. The van der Waals surface area contributed by atoms with Gasteiger partial charge in [0.15, 0.2) is 0 Å². The van der Waals surface area contributed by atoms with Gasteiger partial charge in [-0.3, -0.25) is 0 Å². The zero-order valence-corrected chi connectivity index (χ0v) is 19.8. The SMILES string of the molecule is CO[C@H]1C2(CC2)C[C@H](c2ccc(C)c(Cc3ccc(-c4ccc(F)cc4)s3)c2)O[C@]12C[C@H]2O. The van der Waals surface area contributed by atoms with E-state index < -0.39 is 11.7 Å². The summed E-state index contributed by atoms with van der Waals surface area (Å²) >= 11 is 1.76. The lowest BCUT2D eigenvalue weighted by Gasteiger charge is -2.43. The number of hydrogen-bond acceptors (Lipinski definition) is 4. The number of ether oxygens (including phenoxy) is 2. The van der Waals surface area contributed by atoms with Crippen molar-refractivity contribution >= 4 is 11.3 Å². The molecule has 172 valence electrons. The minimum absolute atomic E-state index is 0.00262. The van der Waals surface area contributed by atoms with Gasteiger partial charge in [-0.1, -0.05) is 30.3 Å². The highest BCUT2D eigenvalue weighted by Gasteiger charge is 2.72. The van der Waals surface area contributed by atoms with Crippen molar-refractivity contribution in [2.24, 2.45) is 5.41 Å². The lowest BCUT2D eigenvalue weighted by atomic mass is 9.81. The smallest absolute Gasteiger partial charge is 0.124 e. The normalized spacial score (nSPS) is 29.5. The van der Waals surface area contributed by atoms with Crippen molar-refractivity contribution in [1.82, 2.24) is 0 Å². The highest BCUT2D eigenvalue weighted by atomic mass is 32.1. The molecule has 3 aromatic rings. The third kappa shape index (κ3) is 3.66. The van der Waals surface area contributed by atoms with Crippen LogP contribution in [0.1, 0.15) is 53.4 Å². The zero-order valence-electron chi connectivity index (χ0n) is 19.0. The molecule has 1 N–H and O–H groups in total. The Bertz CT molecular complexity index is 1180. The molecule has 1 aromatic heterocycles. The summed E-state index contributed by atoms with van der Waals surface area (Å²) in [5.74, 6) is -0.210. The molecule has 6 rings (SSSR count). The van der Waals surface area contributed by atoms with Crippen LogP contribution in [0.4, 0.5) is 4.39 Å². The van der Waals surface area contributed by atoms with E-state index in [1.807, 2.05) is 12.1 Å². The number of halogens is 1. The fourth-order valence-corrected chi connectivity index (χ4v) is 6.83. The minimum atomic E-state index is -0.531. The van der Waals surface area contributed by atoms with Gasteiger partial charge in [0.05, 0.1) is 18.3 Å². The summed E-state index contributed by atoms with van der Waals surface area (Å²) in [6.45, 7) is 2.16. The molecule has 2 heterocycles. The quantitative estimate of drug-likeness (QED) is 0.488. The molecule has 2 spiro atoms. The van der Waals surface area contributed by atoms with Crippen LogP contribution in [-0.2, 0) is 15.9 Å². The molecule has 2 saturated carbocycles. The van der Waals surface area contributed by atoms with Gasteiger partial charge in [0, 0.05) is 35.1 Å². The Labute approximate surface area is 198 Å². The van der Waals surface area contributed by atoms with Gasteiger partial charge in [0.25, 0.3) is 0 Å². The van der Waals surface area contributed by atoms with Crippen molar-refractivity contribution in [3.63, 3.8) is 0 Å². The number of benzene rings is 2. The number of methoxy groups -OCH3 is 1. The molecule has 0 unspecified atom stereocenters. The van der Waals surface area contributed by atoms with E-state index in [0.29, 0.717) is 6.42 Å². The number of rotatable bonds is 5. The Kier molecular flexibility index (Phi) is 5.04. The number of aliphatic hydroxyl groups excluding tert-OH is 1. The van der Waals surface area contributed by atoms with Gasteiger partial charge < -0.3 is 14.6 Å². The lowest BCUT2D eigenvalue weighted by molar-refractivity contribution is -0.195. The molecule has 2 aliphatic carbocycles. The average Bonchev–Trinajstić information content (AvgIpc) is 3.63. The molecule has 5 heteroatoms. The Morgan fingerprint density at radius 1 is 1.09 bits per heavy atom. The van der Waals surface area contributed by atoms with E-state index in [2.05, 4.69) is 37.3 Å². The van der Waals surface area contributed by atoms with Gasteiger partial charge in [-0.25, -0.2) is 4.39 Å². The monoisotopic (exact) mass is 464 g/mol. The van der Waals surface area contributed by atoms with Crippen LogP contribution >= 0.6 is 11.3 Å². The second-order valence-corrected chi connectivity index (χ2v) is 11.3. The zero-order chi connectivity index (χ0) is 22.8. The first-order valence-corrected chi connectivity index (χ1v) is 12.6. The first-order chi connectivity index (χ1) is 15.9. The standard InChI is InChI=1S/C28H29FO3S/c1-17-3-4-19(23-15-27(11-12-27)26(31-2)28(32-23)16-25(28)30)13-20(17)14-22-9-10-24(33-22)18-5-7-21(29)8-6-18/h3-10,13,23,25-26,30H,11-12,14-16H2,1-2H3/t23-,25-,26+,28+/m1/s1. The summed E-state index contributed by atoms with van der Waals surface area (Å²) in [6, 6.07) is 17.7. The van der Waals surface area contributed by atoms with Crippen molar-refractivity contribution in [3.05, 3.63) is 82.0 Å². The highest BCUT2D eigenvalue weighted by molar-refractivity contribution is 7.15. The van der Waals surface area contributed by atoms with Crippen LogP contribution in [0.25, 0.3) is 10.4 Å². The number of hydrogen-bond donors (Lipinski definition) is 1. The summed E-state index contributed by atoms with van der Waals surface area (Å²) in [5.41, 5.74) is 4.43. The minimum Gasteiger partial charge on any atom is -0.390 e. The third-order valence-electron chi connectivity index (χ3n) is 7.90. The molecular formula is C28H29FO3S. The number of aryl methyl sites for hydroxylation is 1. The maximum atomic E-state index is 13.3. The molecular weight excluding hydrogens is 435 g/mol. The topological polar surface area (TPSA) is 38.7 Å². The van der Waals surface area contributed by atoms with E-state index in [4.69, 9.17) is 9.47 Å². The van der Waals surface area contributed by atoms with Gasteiger partial charge >= 0.3 is 0 Å². The van der Waals surface area contributed by atoms with Gasteiger partial charge in [0.1, 0.15) is 11.4 Å². The maximum Gasteiger partial charge on any atom is 0.124 e. The van der Waals surface area contributed by atoms with Crippen LogP contribution in [-0.4, -0.2) is 30.0 Å². The number of thiophene rings is 1. The summed E-state index contributed by atoms with van der Waals surface area (Å²) in [4.78, 5) is 2.44. The first-order valence-electron chi connectivity index (χ1n) is 11.8. The molecule has 3 aliphatic rings. The van der Waals surface area contributed by atoms with Crippen molar-refractivity contribution in [2.45, 2.75) is 62.9 Å². The largest absolute Gasteiger partial charge is 0.390 e. The Morgan fingerprint density at radius 3 is 2.52 bits per heavy atom. The predicted octanol–water partition coefficient (Wildman–Crippen LogP) is 6.21. The average molecular weight is 465 g/mol. The molecule has 3 fully saturated rings. The second kappa shape index (κ2) is 7.74. The van der Waals surface area contributed by atoms with E-state index >= 15 is 0 Å². The second-order valence-electron chi connectivity index (χ2n) is 10.1. The summed E-state index contributed by atoms with van der Waals surface area (Å²) in [5, 5.41) is 10.4. The summed E-state index contributed by atoms with van der Waals surface area (Å²) in [6.07, 6.45) is 4.35. The molecule has 2 aromatic carbocycles. The van der Waals surface area contributed by atoms with E-state index in [1.54, 1.807) is 18.4 Å². The third-order valence-corrected chi connectivity index (χ3v) is 9.03. The van der Waals surface area contributed by atoms with Crippen molar-refractivity contribution < 1.29 is 19.0 Å². The molecule has 3 nitrogen and oxygen atoms in total. The van der Waals surface area contributed by atoms with Gasteiger partial charge in [-0.05, 0) is 72.7 Å². The molecule has 0 bridgehead atoms. The maximum absolute atomic E-state index is 13.3. The Morgan fingerprint density at radius 2 is 1.85 bits per heavy atom. The fourth-order valence-electron chi connectivity index (χ4n) is 5.79. The summed E-state index contributed by atoms with van der Waals surface area (Å²) < 4.78 is 25.7. The van der Waals surface area contributed by atoms with Crippen molar-refractivity contribution in [2.75, 3.05) is 7.11 Å². The van der Waals surface area contributed by atoms with Crippen LogP contribution in [0.5, 0.6) is 0 Å². The van der Waals surface area contributed by atoms with Crippen LogP contribution in [0, 0.1) is 18.2 Å². The van der Waals surface area contributed by atoms with Crippen LogP contribution in [0.2, 0.25) is 0 Å². The van der Waals surface area contributed by atoms with Gasteiger partial charge in [-0.2, -0.15) is 0 Å². The van der Waals surface area contributed by atoms with Gasteiger partial charge in [0.2, 0.25) is 0 Å². The molecule has 33 heavy (non-hydrogen) atoms. The lowest BCUT2D eigenvalue weighted by Crippen LogP contribution is -2.48. The van der Waals surface area contributed by atoms with E-state index in [-0.39, 0.29) is 23.4 Å². The fraction of sp³-hybridized carbons (Fsp3) is 0.429. The van der Waals surface area contributed by atoms with Crippen molar-refractivity contribution in [3.8, 4) is 10.4 Å². The van der Waals surface area contributed by atoms with Crippen LogP contribution in [0.15, 0.2) is 54.6 Å². The molecule has 0 amide bonds. The molecule has 1 saturated heterocycles. The van der Waals surface area contributed by atoms with E-state index in [9.17, 15) is 9.50 Å². The Balaban J connectivity index is 1.25. The highest BCUT2D eigenvalue weighted by Crippen LogP contribution is 2.67. The van der Waals surface area contributed by atoms with Crippen LogP contribution in [0.3, 0.4) is 0 Å². The van der Waals surface area contributed by atoms with Crippen LogP contribution < -0.4 is 0 Å². The van der Waals surface area contributed by atoms with E-state index in [1.165, 1.54) is 33.7 Å². The Hall–Kier alpha value is -2.05. The first kappa shape index (κ1) is 21.5. The predicted molar refractivity (Wildman–Crippen MR) is 128 cm³/mol. The van der Waals surface area contributed by atoms with Gasteiger partial charge in [-0.15, -0.1) is 11.3 Å². The molecule has 0 radical (unpaired) electrons. The molecule has 1 aliphatic heterocycles.